The van der Waals surface area contributed by atoms with Crippen LogP contribution >= 0.6 is 0 Å². The molecule has 0 aromatic carbocycles. The number of carbonyl (C=O) groups is 4. The van der Waals surface area contributed by atoms with Gasteiger partial charge in [0.2, 0.25) is 11.8 Å². The molecule has 0 aromatic rings. The number of hydrogen-bond acceptors (Lipinski definition) is 12. The third-order valence-electron chi connectivity index (χ3n) is 7.30. The van der Waals surface area contributed by atoms with Crippen molar-refractivity contribution in [1.82, 2.24) is 31.9 Å². The molecular formula is C32H70N10O6. The highest BCUT2D eigenvalue weighted by Gasteiger charge is 2.17. The summed E-state index contributed by atoms with van der Waals surface area (Å²) in [5.74, 6) is -0.289. The van der Waals surface area contributed by atoms with E-state index in [1.54, 1.807) is 0 Å². The van der Waals surface area contributed by atoms with Gasteiger partial charge in [-0.05, 0) is 103 Å². The molecule has 0 aromatic heterocycles. The van der Waals surface area contributed by atoms with Crippen molar-refractivity contribution < 1.29 is 28.7 Å². The monoisotopic (exact) mass is 691 g/mol. The van der Waals surface area contributed by atoms with E-state index >= 15 is 0 Å². The summed E-state index contributed by atoms with van der Waals surface area (Å²) in [6.07, 6.45) is 6.80. The summed E-state index contributed by atoms with van der Waals surface area (Å²) in [4.78, 5) is 47.1. The predicted octanol–water partition coefficient (Wildman–Crippen LogP) is 0.127. The largest absolute Gasteiger partial charge is 0.446 e. The van der Waals surface area contributed by atoms with Crippen LogP contribution in [0.3, 0.4) is 0 Å². The summed E-state index contributed by atoms with van der Waals surface area (Å²) >= 11 is 0. The molecule has 14 N–H and O–H groups in total. The van der Waals surface area contributed by atoms with Gasteiger partial charge in [-0.3, -0.25) is 9.59 Å². The Balaban J connectivity index is 0. The first-order valence-electron chi connectivity index (χ1n) is 17.9. The number of nitrogens with one attached hydrogen (secondary N) is 6. The second kappa shape index (κ2) is 34.1. The quantitative estimate of drug-likeness (QED) is 0.0491. The van der Waals surface area contributed by atoms with Crippen LogP contribution in [0.4, 0.5) is 9.59 Å². The average Bonchev–Trinajstić information content (AvgIpc) is 3.09. The van der Waals surface area contributed by atoms with Crippen LogP contribution in [0.1, 0.15) is 91.9 Å². The van der Waals surface area contributed by atoms with Crippen LogP contribution in [-0.4, -0.2) is 114 Å². The molecule has 0 bridgehead atoms. The fourth-order valence-electron chi connectivity index (χ4n) is 4.21. The van der Waals surface area contributed by atoms with Crippen molar-refractivity contribution in [3.05, 3.63) is 0 Å². The number of ether oxygens (including phenoxy) is 2. The molecule has 284 valence electrons. The van der Waals surface area contributed by atoms with E-state index < -0.39 is 18.2 Å². The lowest BCUT2D eigenvalue weighted by molar-refractivity contribution is -0.123. The van der Waals surface area contributed by atoms with Crippen LogP contribution < -0.4 is 54.8 Å². The maximum Gasteiger partial charge on any atom is 0.407 e. The topological polar surface area (TPSA) is 263 Å². The standard InChI is InChI=1S/C19H42N6O3.C13H28N4O3/c1-3-16(4-2)28-19(27)25-15-14-24-18(26)17(23-13-7-10-21)8-5-11-22-12-6-9-20;1-3-10(4-2)20-13(19)17-9-8-16-12(18)11(15)6-5-7-14/h16-17,22-23H,3-15,20-21H2,1-2H3,(H,24,26)(H,25,27);10-11H,3-9,14-15H2,1-2H3,(H,16,18)(H,17,19). The van der Waals surface area contributed by atoms with Gasteiger partial charge in [-0.15, -0.1) is 0 Å². The van der Waals surface area contributed by atoms with Crippen LogP contribution in [0.15, 0.2) is 0 Å². The van der Waals surface area contributed by atoms with E-state index in [-0.39, 0.29) is 30.1 Å². The molecule has 0 aliphatic rings. The molecule has 0 saturated heterocycles. The minimum absolute atomic E-state index is 0.0609. The molecule has 2 atom stereocenters. The average molecular weight is 691 g/mol. The van der Waals surface area contributed by atoms with Gasteiger partial charge >= 0.3 is 12.2 Å². The van der Waals surface area contributed by atoms with Crippen molar-refractivity contribution in [3.63, 3.8) is 0 Å². The van der Waals surface area contributed by atoms with Gasteiger partial charge in [-0.2, -0.15) is 0 Å². The SMILES string of the molecule is CCC(CC)OC(=O)NCCNC(=O)C(CCCNCCCN)NCCCN.CCC(CC)OC(=O)NCCNC(=O)C(N)CCCN. The fraction of sp³-hybridized carbons (Fsp3) is 0.875. The van der Waals surface area contributed by atoms with E-state index in [0.29, 0.717) is 65.2 Å². The first kappa shape index (κ1) is 47.4. The van der Waals surface area contributed by atoms with Gasteiger partial charge in [0.15, 0.2) is 0 Å². The van der Waals surface area contributed by atoms with Gasteiger partial charge < -0.3 is 64.3 Å². The van der Waals surface area contributed by atoms with E-state index in [4.69, 9.17) is 32.4 Å². The normalized spacial score (nSPS) is 12.0. The molecule has 0 aliphatic heterocycles. The molecule has 2 unspecified atom stereocenters. The van der Waals surface area contributed by atoms with Crippen molar-refractivity contribution in [3.8, 4) is 0 Å². The Morgan fingerprint density at radius 2 is 0.979 bits per heavy atom. The van der Waals surface area contributed by atoms with E-state index in [2.05, 4.69) is 31.9 Å². The molecule has 0 fully saturated rings. The molecule has 0 radical (unpaired) electrons. The summed E-state index contributed by atoms with van der Waals surface area (Å²) in [5, 5.41) is 17.3. The second-order valence-corrected chi connectivity index (χ2v) is 11.3. The molecular weight excluding hydrogens is 620 g/mol. The van der Waals surface area contributed by atoms with E-state index in [0.717, 1.165) is 64.5 Å². The summed E-state index contributed by atoms with van der Waals surface area (Å²) < 4.78 is 10.4. The Morgan fingerprint density at radius 3 is 1.46 bits per heavy atom. The second-order valence-electron chi connectivity index (χ2n) is 11.3. The van der Waals surface area contributed by atoms with Crippen molar-refractivity contribution >= 4 is 24.0 Å². The fourth-order valence-corrected chi connectivity index (χ4v) is 4.21. The maximum atomic E-state index is 12.4. The smallest absolute Gasteiger partial charge is 0.407 e. The molecule has 16 heteroatoms. The first-order valence-corrected chi connectivity index (χ1v) is 17.9. The Labute approximate surface area is 289 Å². The summed E-state index contributed by atoms with van der Waals surface area (Å²) in [5.41, 5.74) is 22.0. The zero-order chi connectivity index (χ0) is 36.4. The number of amides is 4. The molecule has 48 heavy (non-hydrogen) atoms. The zero-order valence-electron chi connectivity index (χ0n) is 30.2. The van der Waals surface area contributed by atoms with Gasteiger partial charge in [-0.1, -0.05) is 27.7 Å². The molecule has 0 saturated carbocycles. The predicted molar refractivity (Wildman–Crippen MR) is 191 cm³/mol. The molecule has 0 rings (SSSR count). The third-order valence-corrected chi connectivity index (χ3v) is 7.30. The lowest BCUT2D eigenvalue weighted by Gasteiger charge is -2.19. The molecule has 0 spiro atoms. The molecule has 0 aliphatic carbocycles. The molecule has 0 heterocycles. The van der Waals surface area contributed by atoms with Crippen LogP contribution in [0, 0.1) is 0 Å². The van der Waals surface area contributed by atoms with Crippen molar-refractivity contribution in [2.45, 2.75) is 116 Å². The van der Waals surface area contributed by atoms with Crippen LogP contribution in [0.5, 0.6) is 0 Å². The summed E-state index contributed by atoms with van der Waals surface area (Å²) in [7, 11) is 0. The van der Waals surface area contributed by atoms with E-state index in [1.165, 1.54) is 0 Å². The van der Waals surface area contributed by atoms with E-state index in [1.807, 2.05) is 27.7 Å². The van der Waals surface area contributed by atoms with Gasteiger partial charge in [-0.25, -0.2) is 9.59 Å². The maximum absolute atomic E-state index is 12.4. The number of nitrogens with two attached hydrogens (primary N) is 4. The van der Waals surface area contributed by atoms with Crippen LogP contribution in [-0.2, 0) is 19.1 Å². The Morgan fingerprint density at radius 1 is 0.542 bits per heavy atom. The highest BCUT2D eigenvalue weighted by molar-refractivity contribution is 5.82. The first-order chi connectivity index (χ1) is 23.1. The molecule has 4 amide bonds. The Kier molecular flexibility index (Phi) is 33.7. The highest BCUT2D eigenvalue weighted by Crippen LogP contribution is 2.03. The van der Waals surface area contributed by atoms with Crippen LogP contribution in [0.25, 0.3) is 0 Å². The highest BCUT2D eigenvalue weighted by atomic mass is 16.6. The lowest BCUT2D eigenvalue weighted by atomic mass is 10.1. The van der Waals surface area contributed by atoms with Crippen molar-refractivity contribution in [1.29, 1.82) is 0 Å². The summed E-state index contributed by atoms with van der Waals surface area (Å²) in [6, 6.07) is -0.811. The number of alkyl carbamates (subject to hydrolysis) is 2. The minimum Gasteiger partial charge on any atom is -0.446 e. The minimum atomic E-state index is -0.546. The van der Waals surface area contributed by atoms with Gasteiger partial charge in [0.1, 0.15) is 12.2 Å². The Hall–Kier alpha value is -2.76. The Bertz CT molecular complexity index is 803. The van der Waals surface area contributed by atoms with Crippen LogP contribution in [0.2, 0.25) is 0 Å². The van der Waals surface area contributed by atoms with Gasteiger partial charge in [0, 0.05) is 26.2 Å². The number of rotatable bonds is 28. The van der Waals surface area contributed by atoms with Gasteiger partial charge in [0.05, 0.1) is 12.1 Å². The number of hydrogen-bond donors (Lipinski definition) is 10. The zero-order valence-corrected chi connectivity index (χ0v) is 30.2. The molecule has 16 nitrogen and oxygen atoms in total. The number of carbonyl (C=O) groups excluding carboxylic acids is 4. The van der Waals surface area contributed by atoms with E-state index in [9.17, 15) is 19.2 Å². The third kappa shape index (κ3) is 28.3. The van der Waals surface area contributed by atoms with Crippen molar-refractivity contribution in [2.24, 2.45) is 22.9 Å². The van der Waals surface area contributed by atoms with Crippen molar-refractivity contribution in [2.75, 3.05) is 65.4 Å². The lowest BCUT2D eigenvalue weighted by Crippen LogP contribution is -2.47. The summed E-state index contributed by atoms with van der Waals surface area (Å²) in [6.45, 7) is 13.5. The van der Waals surface area contributed by atoms with Gasteiger partial charge in [0.25, 0.3) is 0 Å².